The number of benzene rings is 2. The van der Waals surface area contributed by atoms with Gasteiger partial charge in [0.2, 0.25) is 0 Å². The van der Waals surface area contributed by atoms with Gasteiger partial charge in [0.1, 0.15) is 23.8 Å². The van der Waals surface area contributed by atoms with Crippen LogP contribution in [0.15, 0.2) is 78.0 Å². The van der Waals surface area contributed by atoms with Crippen molar-refractivity contribution in [3.05, 3.63) is 112 Å². The fourth-order valence-corrected chi connectivity index (χ4v) is 4.55. The number of aromatic nitrogens is 3. The molecule has 208 valence electrons. The Morgan fingerprint density at radius 3 is 2.49 bits per heavy atom. The molecule has 5 rings (SSSR count). The van der Waals surface area contributed by atoms with Crippen molar-refractivity contribution in [2.75, 3.05) is 13.8 Å². The highest BCUT2D eigenvalue weighted by molar-refractivity contribution is 5.98. The molecule has 0 saturated heterocycles. The SMILES string of the molecule is COc1cnc2c(Oc3ccc(CC(=O)c4cn(CCF)c(C)c(-c5ccc(F)cc5)c4=O)cc3F)ccnc2c1. The van der Waals surface area contributed by atoms with Crippen LogP contribution in [0.25, 0.3) is 22.2 Å². The zero-order valence-corrected chi connectivity index (χ0v) is 22.2. The fraction of sp³-hybridized carbons (Fsp3) is 0.161. The van der Waals surface area contributed by atoms with Crippen molar-refractivity contribution in [1.29, 1.82) is 0 Å². The van der Waals surface area contributed by atoms with Crippen LogP contribution >= 0.6 is 0 Å². The number of nitrogens with zero attached hydrogens (tertiary/aromatic N) is 3. The maximum absolute atomic E-state index is 15.1. The van der Waals surface area contributed by atoms with Crippen molar-refractivity contribution < 1.29 is 27.4 Å². The Hall–Kier alpha value is -4.99. The number of carbonyl (C=O) groups excluding carboxylic acids is 1. The van der Waals surface area contributed by atoms with E-state index in [4.69, 9.17) is 9.47 Å². The molecule has 0 N–H and O–H groups in total. The maximum Gasteiger partial charge on any atom is 0.200 e. The van der Waals surface area contributed by atoms with Crippen LogP contribution in [0.4, 0.5) is 13.2 Å². The van der Waals surface area contributed by atoms with Crippen molar-refractivity contribution in [1.82, 2.24) is 14.5 Å². The molecule has 0 atom stereocenters. The lowest BCUT2D eigenvalue weighted by atomic mass is 9.97. The Balaban J connectivity index is 1.43. The summed E-state index contributed by atoms with van der Waals surface area (Å²) < 4.78 is 54.3. The van der Waals surface area contributed by atoms with Crippen LogP contribution in [0.3, 0.4) is 0 Å². The van der Waals surface area contributed by atoms with E-state index >= 15 is 4.39 Å². The molecule has 41 heavy (non-hydrogen) atoms. The molecule has 5 aromatic rings. The molecule has 0 radical (unpaired) electrons. The van der Waals surface area contributed by atoms with Gasteiger partial charge in [0.15, 0.2) is 28.5 Å². The van der Waals surface area contributed by atoms with Gasteiger partial charge in [-0.2, -0.15) is 0 Å². The predicted molar refractivity (Wildman–Crippen MR) is 147 cm³/mol. The molecule has 3 heterocycles. The number of rotatable bonds is 9. The van der Waals surface area contributed by atoms with Gasteiger partial charge >= 0.3 is 0 Å². The zero-order chi connectivity index (χ0) is 29.1. The summed E-state index contributed by atoms with van der Waals surface area (Å²) in [5, 5.41) is 0. The number of Topliss-reactive ketones (excluding diaryl/α,β-unsaturated/α-hetero) is 1. The number of hydrogen-bond donors (Lipinski definition) is 0. The second-order valence-corrected chi connectivity index (χ2v) is 9.24. The van der Waals surface area contributed by atoms with Crippen molar-refractivity contribution in [2.45, 2.75) is 19.9 Å². The first kappa shape index (κ1) is 27.6. The number of fused-ring (bicyclic) bond motifs is 1. The molecule has 3 aromatic heterocycles. The average molecular weight is 560 g/mol. The number of pyridine rings is 3. The number of carbonyl (C=O) groups is 1. The smallest absolute Gasteiger partial charge is 0.200 e. The summed E-state index contributed by atoms with van der Waals surface area (Å²) >= 11 is 0. The molecule has 0 aliphatic rings. The van der Waals surface area contributed by atoms with Gasteiger partial charge in [0, 0.05) is 42.2 Å². The van der Waals surface area contributed by atoms with E-state index in [0.29, 0.717) is 33.6 Å². The summed E-state index contributed by atoms with van der Waals surface area (Å²) in [7, 11) is 1.51. The molecule has 0 aliphatic carbocycles. The van der Waals surface area contributed by atoms with Crippen molar-refractivity contribution in [2.24, 2.45) is 0 Å². The van der Waals surface area contributed by atoms with Crippen LogP contribution in [-0.4, -0.2) is 34.1 Å². The van der Waals surface area contributed by atoms with Crippen LogP contribution in [0.2, 0.25) is 0 Å². The number of halogens is 3. The maximum atomic E-state index is 15.1. The standard InChI is InChI=1S/C31H24F3N3O4/c1-18-29(20-4-6-21(33)7-5-20)31(39)23(17-37(18)12-10-32)26(38)14-19-3-8-27(24(34)13-19)41-28-9-11-35-25-15-22(40-2)16-36-30(25)28/h3-9,11,13,15-17H,10,12,14H2,1-2H3. The number of ether oxygens (including phenoxy) is 2. The van der Waals surface area contributed by atoms with E-state index in [2.05, 4.69) is 9.97 Å². The Bertz CT molecular complexity index is 1820. The zero-order valence-electron chi connectivity index (χ0n) is 22.2. The minimum atomic E-state index is -0.723. The summed E-state index contributed by atoms with van der Waals surface area (Å²) in [6, 6.07) is 12.6. The van der Waals surface area contributed by atoms with Crippen molar-refractivity contribution in [3.63, 3.8) is 0 Å². The molecule has 0 spiro atoms. The van der Waals surface area contributed by atoms with Crippen LogP contribution in [0.1, 0.15) is 21.6 Å². The molecule has 2 aromatic carbocycles. The fourth-order valence-electron chi connectivity index (χ4n) is 4.55. The van der Waals surface area contributed by atoms with Crippen LogP contribution < -0.4 is 14.9 Å². The summed E-state index contributed by atoms with van der Waals surface area (Å²) in [5.74, 6) is -1.08. The van der Waals surface area contributed by atoms with E-state index in [1.54, 1.807) is 19.1 Å². The molecule has 0 bridgehead atoms. The second-order valence-electron chi connectivity index (χ2n) is 9.24. The first-order valence-electron chi connectivity index (χ1n) is 12.6. The van der Waals surface area contributed by atoms with Gasteiger partial charge in [-0.1, -0.05) is 18.2 Å². The van der Waals surface area contributed by atoms with E-state index in [-0.39, 0.29) is 35.6 Å². The van der Waals surface area contributed by atoms with Gasteiger partial charge in [-0.3, -0.25) is 14.6 Å². The Labute approximate surface area is 232 Å². The van der Waals surface area contributed by atoms with Gasteiger partial charge in [-0.25, -0.2) is 18.2 Å². The van der Waals surface area contributed by atoms with E-state index in [9.17, 15) is 18.4 Å². The first-order chi connectivity index (χ1) is 19.8. The van der Waals surface area contributed by atoms with E-state index in [1.165, 1.54) is 66.7 Å². The van der Waals surface area contributed by atoms with E-state index < -0.39 is 29.5 Å². The lowest BCUT2D eigenvalue weighted by molar-refractivity contribution is 0.0991. The normalized spacial score (nSPS) is 11.0. The third-order valence-corrected chi connectivity index (χ3v) is 6.64. The highest BCUT2D eigenvalue weighted by atomic mass is 19.1. The molecule has 0 aliphatic heterocycles. The number of hydrogen-bond acceptors (Lipinski definition) is 6. The van der Waals surface area contributed by atoms with Crippen molar-refractivity contribution in [3.8, 4) is 28.4 Å². The third kappa shape index (κ3) is 5.67. The molecule has 0 fully saturated rings. The number of ketones is 1. The molecule has 7 nitrogen and oxygen atoms in total. The Kier molecular flexibility index (Phi) is 7.82. The quantitative estimate of drug-likeness (QED) is 0.199. The summed E-state index contributed by atoms with van der Waals surface area (Å²) in [6.45, 7) is 0.839. The average Bonchev–Trinajstić information content (AvgIpc) is 2.96. The third-order valence-electron chi connectivity index (χ3n) is 6.64. The lowest BCUT2D eigenvalue weighted by Crippen LogP contribution is -2.24. The van der Waals surface area contributed by atoms with Crippen molar-refractivity contribution >= 4 is 16.8 Å². The van der Waals surface area contributed by atoms with E-state index in [1.807, 2.05) is 0 Å². The minimum absolute atomic E-state index is 0.0768. The Morgan fingerprint density at radius 2 is 1.78 bits per heavy atom. The monoisotopic (exact) mass is 559 g/mol. The minimum Gasteiger partial charge on any atom is -0.495 e. The summed E-state index contributed by atoms with van der Waals surface area (Å²) in [5.41, 5.74) is 1.50. The first-order valence-corrected chi connectivity index (χ1v) is 12.6. The predicted octanol–water partition coefficient (Wildman–Crippen LogP) is 6.24. The summed E-state index contributed by atoms with van der Waals surface area (Å²) in [6.07, 6.45) is 4.03. The molecule has 0 saturated carbocycles. The largest absolute Gasteiger partial charge is 0.495 e. The molecule has 0 unspecified atom stereocenters. The topological polar surface area (TPSA) is 83.3 Å². The van der Waals surface area contributed by atoms with Crippen LogP contribution in [0.5, 0.6) is 17.2 Å². The molecule has 0 amide bonds. The van der Waals surface area contributed by atoms with Crippen LogP contribution in [0, 0.1) is 18.6 Å². The number of aryl methyl sites for hydroxylation is 1. The molecular weight excluding hydrogens is 535 g/mol. The van der Waals surface area contributed by atoms with Gasteiger partial charge in [0.05, 0.1) is 30.9 Å². The van der Waals surface area contributed by atoms with Gasteiger partial charge in [0.25, 0.3) is 0 Å². The van der Waals surface area contributed by atoms with Gasteiger partial charge < -0.3 is 14.0 Å². The highest BCUT2D eigenvalue weighted by Gasteiger charge is 2.20. The van der Waals surface area contributed by atoms with Crippen LogP contribution in [-0.2, 0) is 13.0 Å². The second kappa shape index (κ2) is 11.6. The Morgan fingerprint density at radius 1 is 1.00 bits per heavy atom. The lowest BCUT2D eigenvalue weighted by Gasteiger charge is -2.16. The van der Waals surface area contributed by atoms with E-state index in [0.717, 1.165) is 6.07 Å². The number of alkyl halides is 1. The van der Waals surface area contributed by atoms with Gasteiger partial charge in [-0.15, -0.1) is 0 Å². The highest BCUT2D eigenvalue weighted by Crippen LogP contribution is 2.31. The number of methoxy groups -OCH3 is 1. The summed E-state index contributed by atoms with van der Waals surface area (Å²) in [4.78, 5) is 35.2. The molecule has 10 heteroatoms. The molecular formula is C31H24F3N3O4. The van der Waals surface area contributed by atoms with Gasteiger partial charge in [-0.05, 0) is 42.3 Å².